The molecule has 1 aliphatic carbocycles. The monoisotopic (exact) mass is 246 g/mol. The third kappa shape index (κ3) is 2.14. The molecule has 0 heterocycles. The molecular formula is C15H15FO2. The summed E-state index contributed by atoms with van der Waals surface area (Å²) in [5, 5.41) is 0. The van der Waals surface area contributed by atoms with Crippen molar-refractivity contribution >= 4 is 11.4 Å². The van der Waals surface area contributed by atoms with E-state index in [1.165, 1.54) is 14.0 Å². The Morgan fingerprint density at radius 3 is 2.50 bits per heavy atom. The summed E-state index contributed by atoms with van der Waals surface area (Å²) in [6.07, 6.45) is 3.22. The zero-order valence-electron chi connectivity index (χ0n) is 10.4. The van der Waals surface area contributed by atoms with E-state index in [0.29, 0.717) is 5.57 Å². The normalized spacial score (nSPS) is 23.3. The van der Waals surface area contributed by atoms with Crippen molar-refractivity contribution in [3.63, 3.8) is 0 Å². The summed E-state index contributed by atoms with van der Waals surface area (Å²) in [5.41, 5.74) is 0.173. The lowest BCUT2D eigenvalue weighted by atomic mass is 9.86. The molecule has 0 saturated carbocycles. The van der Waals surface area contributed by atoms with Crippen molar-refractivity contribution in [2.24, 2.45) is 0 Å². The summed E-state index contributed by atoms with van der Waals surface area (Å²) < 4.78 is 19.4. The molecule has 0 bridgehead atoms. The fourth-order valence-corrected chi connectivity index (χ4v) is 2.09. The Hall–Kier alpha value is -1.74. The van der Waals surface area contributed by atoms with Crippen LogP contribution in [0.2, 0.25) is 0 Å². The molecule has 1 unspecified atom stereocenters. The van der Waals surface area contributed by atoms with Gasteiger partial charge in [-0.3, -0.25) is 4.79 Å². The number of Topliss-reactive ketones (excluding diaryl/α,β-unsaturated/α-hetero) is 1. The fourth-order valence-electron chi connectivity index (χ4n) is 2.09. The van der Waals surface area contributed by atoms with E-state index in [0.717, 1.165) is 5.56 Å². The summed E-state index contributed by atoms with van der Waals surface area (Å²) >= 11 is 0. The van der Waals surface area contributed by atoms with Crippen molar-refractivity contribution in [3.05, 3.63) is 53.9 Å². The minimum absolute atomic E-state index is 0.0421. The largest absolute Gasteiger partial charge is 0.366 e. The third-order valence-electron chi connectivity index (χ3n) is 3.27. The molecule has 18 heavy (non-hydrogen) atoms. The highest BCUT2D eigenvalue weighted by molar-refractivity contribution is 5.91. The molecule has 1 aliphatic rings. The van der Waals surface area contributed by atoms with E-state index in [1.807, 2.05) is 30.3 Å². The molecule has 0 radical (unpaired) electrons. The maximum Gasteiger partial charge on any atom is 0.165 e. The first-order valence-corrected chi connectivity index (χ1v) is 5.78. The van der Waals surface area contributed by atoms with Gasteiger partial charge in [-0.05, 0) is 18.6 Å². The van der Waals surface area contributed by atoms with Crippen LogP contribution in [-0.4, -0.2) is 18.5 Å². The zero-order valence-corrected chi connectivity index (χ0v) is 10.4. The van der Waals surface area contributed by atoms with E-state index in [4.69, 9.17) is 4.74 Å². The van der Waals surface area contributed by atoms with Crippen molar-refractivity contribution in [3.8, 4) is 0 Å². The van der Waals surface area contributed by atoms with Gasteiger partial charge in [0.25, 0.3) is 0 Å². The lowest BCUT2D eigenvalue weighted by molar-refractivity contribution is -0.133. The molecule has 2 rings (SSSR count). The number of hydrogen-bond donors (Lipinski definition) is 0. The Morgan fingerprint density at radius 2 is 2.00 bits per heavy atom. The Bertz CT molecular complexity index is 517. The summed E-state index contributed by atoms with van der Waals surface area (Å²) in [4.78, 5) is 11.6. The lowest BCUT2D eigenvalue weighted by Gasteiger charge is -2.29. The van der Waals surface area contributed by atoms with Crippen molar-refractivity contribution in [2.75, 3.05) is 7.11 Å². The van der Waals surface area contributed by atoms with Gasteiger partial charge in [-0.15, -0.1) is 0 Å². The number of hydrogen-bond acceptors (Lipinski definition) is 2. The van der Waals surface area contributed by atoms with E-state index < -0.39 is 5.60 Å². The molecular weight excluding hydrogens is 231 g/mol. The van der Waals surface area contributed by atoms with Crippen LogP contribution in [-0.2, 0) is 9.53 Å². The summed E-state index contributed by atoms with van der Waals surface area (Å²) in [6, 6.07) is 9.27. The standard InChI is InChI=1S/C15H15FO2/c1-11(17)15(18-2)9-8-13(14(16)10-15)12-6-4-3-5-7-12/h3-9H,10H2,1-2H3. The molecule has 1 aromatic carbocycles. The predicted molar refractivity (Wildman–Crippen MR) is 68.6 cm³/mol. The lowest BCUT2D eigenvalue weighted by Crippen LogP contribution is -2.38. The molecule has 94 valence electrons. The molecule has 1 atom stereocenters. The van der Waals surface area contributed by atoms with Gasteiger partial charge >= 0.3 is 0 Å². The Kier molecular flexibility index (Phi) is 3.43. The van der Waals surface area contributed by atoms with Crippen LogP contribution in [0.3, 0.4) is 0 Å². The molecule has 0 fully saturated rings. The average Bonchev–Trinajstić information content (AvgIpc) is 2.39. The molecule has 0 aromatic heterocycles. The molecule has 0 saturated heterocycles. The number of ketones is 1. The topological polar surface area (TPSA) is 26.3 Å². The van der Waals surface area contributed by atoms with E-state index in [9.17, 15) is 9.18 Å². The van der Waals surface area contributed by atoms with Gasteiger partial charge in [-0.25, -0.2) is 4.39 Å². The first-order chi connectivity index (χ1) is 8.59. The van der Waals surface area contributed by atoms with Gasteiger partial charge in [-0.1, -0.05) is 36.4 Å². The molecule has 2 nitrogen and oxygen atoms in total. The van der Waals surface area contributed by atoms with Gasteiger partial charge in [0, 0.05) is 19.1 Å². The van der Waals surface area contributed by atoms with Gasteiger partial charge in [0.1, 0.15) is 5.83 Å². The van der Waals surface area contributed by atoms with E-state index in [2.05, 4.69) is 0 Å². The number of allylic oxidation sites excluding steroid dienone is 2. The second kappa shape index (κ2) is 4.86. The molecule has 3 heteroatoms. The number of rotatable bonds is 3. The van der Waals surface area contributed by atoms with Crippen molar-refractivity contribution < 1.29 is 13.9 Å². The molecule has 0 amide bonds. The number of benzene rings is 1. The molecule has 1 aromatic rings. The predicted octanol–water partition coefficient (Wildman–Crippen LogP) is 3.30. The number of ether oxygens (including phenoxy) is 1. The smallest absolute Gasteiger partial charge is 0.165 e. The summed E-state index contributed by atoms with van der Waals surface area (Å²) in [6.45, 7) is 1.41. The van der Waals surface area contributed by atoms with Crippen LogP contribution in [0.15, 0.2) is 48.3 Å². The second-order valence-corrected chi connectivity index (χ2v) is 4.34. The van der Waals surface area contributed by atoms with Crippen LogP contribution in [0.1, 0.15) is 18.9 Å². The third-order valence-corrected chi connectivity index (χ3v) is 3.27. The Labute approximate surface area is 106 Å². The average molecular weight is 246 g/mol. The Balaban J connectivity index is 2.37. The van der Waals surface area contributed by atoms with Gasteiger partial charge in [0.2, 0.25) is 0 Å². The number of carbonyl (C=O) groups excluding carboxylic acids is 1. The van der Waals surface area contributed by atoms with Gasteiger partial charge in [0.05, 0.1) is 0 Å². The van der Waals surface area contributed by atoms with Crippen LogP contribution < -0.4 is 0 Å². The van der Waals surface area contributed by atoms with Crippen LogP contribution in [0, 0.1) is 0 Å². The van der Waals surface area contributed by atoms with Gasteiger partial charge in [0.15, 0.2) is 11.4 Å². The molecule has 0 aliphatic heterocycles. The highest BCUT2D eigenvalue weighted by Crippen LogP contribution is 2.35. The van der Waals surface area contributed by atoms with Crippen molar-refractivity contribution in [2.45, 2.75) is 18.9 Å². The molecule has 0 spiro atoms. The molecule has 0 N–H and O–H groups in total. The quantitative estimate of drug-likeness (QED) is 0.818. The van der Waals surface area contributed by atoms with E-state index in [1.54, 1.807) is 12.2 Å². The van der Waals surface area contributed by atoms with Gasteiger partial charge < -0.3 is 4.74 Å². The fraction of sp³-hybridized carbons (Fsp3) is 0.267. The highest BCUT2D eigenvalue weighted by atomic mass is 19.1. The van der Waals surface area contributed by atoms with E-state index >= 15 is 0 Å². The van der Waals surface area contributed by atoms with Crippen LogP contribution in [0.25, 0.3) is 5.57 Å². The van der Waals surface area contributed by atoms with Crippen LogP contribution >= 0.6 is 0 Å². The number of methoxy groups -OCH3 is 1. The highest BCUT2D eigenvalue weighted by Gasteiger charge is 2.37. The summed E-state index contributed by atoms with van der Waals surface area (Å²) in [7, 11) is 1.42. The van der Waals surface area contributed by atoms with Crippen molar-refractivity contribution in [1.29, 1.82) is 0 Å². The maximum atomic E-state index is 14.2. The zero-order chi connectivity index (χ0) is 13.2. The van der Waals surface area contributed by atoms with E-state index in [-0.39, 0.29) is 18.0 Å². The minimum Gasteiger partial charge on any atom is -0.366 e. The minimum atomic E-state index is -1.15. The van der Waals surface area contributed by atoms with Crippen LogP contribution in [0.4, 0.5) is 4.39 Å². The number of halogens is 1. The maximum absolute atomic E-state index is 14.2. The first kappa shape index (κ1) is 12.7. The van der Waals surface area contributed by atoms with Crippen LogP contribution in [0.5, 0.6) is 0 Å². The SMILES string of the molecule is COC1(C(C)=O)C=CC(c2ccccc2)=C(F)C1. The second-order valence-electron chi connectivity index (χ2n) is 4.34. The Morgan fingerprint density at radius 1 is 1.33 bits per heavy atom. The summed E-state index contributed by atoms with van der Waals surface area (Å²) in [5.74, 6) is -0.510. The van der Waals surface area contributed by atoms with Gasteiger partial charge in [-0.2, -0.15) is 0 Å². The first-order valence-electron chi connectivity index (χ1n) is 5.78. The number of carbonyl (C=O) groups is 1. The van der Waals surface area contributed by atoms with Crippen molar-refractivity contribution in [1.82, 2.24) is 0 Å².